The van der Waals surface area contributed by atoms with Gasteiger partial charge in [-0.2, -0.15) is 0 Å². The Hall–Kier alpha value is -1.59. The third-order valence-electron chi connectivity index (χ3n) is 2.69. The number of aliphatic carboxylic acids is 1. The van der Waals surface area contributed by atoms with Crippen LogP contribution in [-0.2, 0) is 10.3 Å². The molecule has 0 spiro atoms. The number of nitrogens with two attached hydrogens (primary N) is 1. The van der Waals surface area contributed by atoms with E-state index in [1.165, 1.54) is 6.92 Å². The molecule has 1 unspecified atom stereocenters. The molecule has 4 N–H and O–H groups in total. The molecule has 0 saturated heterocycles. The van der Waals surface area contributed by atoms with Crippen molar-refractivity contribution in [3.63, 3.8) is 0 Å². The molecule has 16 heavy (non-hydrogen) atoms. The number of rotatable bonds is 4. The van der Waals surface area contributed by atoms with Crippen molar-refractivity contribution in [2.45, 2.75) is 19.4 Å². The molecule has 0 aliphatic carbocycles. The van der Waals surface area contributed by atoms with Crippen LogP contribution in [0.25, 0.3) is 0 Å². The number of carbonyl (C=O) groups is 1. The van der Waals surface area contributed by atoms with E-state index in [9.17, 15) is 4.79 Å². The van der Waals surface area contributed by atoms with E-state index in [0.29, 0.717) is 11.3 Å². The van der Waals surface area contributed by atoms with Gasteiger partial charge in [0.25, 0.3) is 0 Å². The molecule has 0 amide bonds. The topological polar surface area (TPSA) is 84.6 Å². The molecule has 0 fully saturated rings. The van der Waals surface area contributed by atoms with Gasteiger partial charge in [-0.3, -0.25) is 5.84 Å². The largest absolute Gasteiger partial charge is 0.496 e. The molecule has 5 heteroatoms. The Morgan fingerprint density at radius 1 is 1.56 bits per heavy atom. The molecular weight excluding hydrogens is 208 g/mol. The summed E-state index contributed by atoms with van der Waals surface area (Å²) in [5.74, 6) is 4.99. The van der Waals surface area contributed by atoms with E-state index in [4.69, 9.17) is 15.7 Å². The van der Waals surface area contributed by atoms with Crippen molar-refractivity contribution < 1.29 is 14.6 Å². The lowest BCUT2D eigenvalue weighted by Gasteiger charge is -2.24. The SMILES string of the molecule is COc1ccc(C(C)(NN)C(=O)O)cc1C. The van der Waals surface area contributed by atoms with Crippen LogP contribution in [0.1, 0.15) is 18.1 Å². The molecule has 1 rings (SSSR count). The van der Waals surface area contributed by atoms with Gasteiger partial charge in [-0.05, 0) is 37.1 Å². The van der Waals surface area contributed by atoms with Gasteiger partial charge in [-0.1, -0.05) is 6.07 Å². The molecule has 0 heterocycles. The van der Waals surface area contributed by atoms with Crippen LogP contribution in [0, 0.1) is 6.92 Å². The van der Waals surface area contributed by atoms with Crippen LogP contribution in [0.4, 0.5) is 0 Å². The van der Waals surface area contributed by atoms with Crippen molar-refractivity contribution in [1.82, 2.24) is 5.43 Å². The van der Waals surface area contributed by atoms with Crippen LogP contribution in [0.15, 0.2) is 18.2 Å². The fourth-order valence-electron chi connectivity index (χ4n) is 1.46. The minimum Gasteiger partial charge on any atom is -0.496 e. The summed E-state index contributed by atoms with van der Waals surface area (Å²) in [5.41, 5.74) is 2.47. The molecule has 1 atom stereocenters. The highest BCUT2D eigenvalue weighted by Gasteiger charge is 2.34. The summed E-state index contributed by atoms with van der Waals surface area (Å²) < 4.78 is 5.11. The van der Waals surface area contributed by atoms with Gasteiger partial charge in [-0.25, -0.2) is 10.2 Å². The molecule has 0 aliphatic heterocycles. The van der Waals surface area contributed by atoms with E-state index >= 15 is 0 Å². The number of hydrogen-bond donors (Lipinski definition) is 3. The van der Waals surface area contributed by atoms with Gasteiger partial charge in [-0.15, -0.1) is 0 Å². The molecule has 0 aliphatic rings. The molecule has 0 aromatic heterocycles. The van der Waals surface area contributed by atoms with Gasteiger partial charge in [0.2, 0.25) is 0 Å². The first-order chi connectivity index (χ1) is 7.45. The Labute approximate surface area is 94.2 Å². The molecule has 1 aromatic rings. The summed E-state index contributed by atoms with van der Waals surface area (Å²) in [4.78, 5) is 11.1. The first-order valence-corrected chi connectivity index (χ1v) is 4.82. The highest BCUT2D eigenvalue weighted by molar-refractivity contribution is 5.80. The van der Waals surface area contributed by atoms with Crippen LogP contribution in [0.5, 0.6) is 5.75 Å². The second-order valence-corrected chi connectivity index (χ2v) is 3.76. The maximum absolute atomic E-state index is 11.1. The van der Waals surface area contributed by atoms with E-state index in [1.807, 2.05) is 6.92 Å². The molecule has 0 radical (unpaired) electrons. The van der Waals surface area contributed by atoms with Gasteiger partial charge >= 0.3 is 5.97 Å². The van der Waals surface area contributed by atoms with Crippen molar-refractivity contribution in [2.75, 3.05) is 7.11 Å². The van der Waals surface area contributed by atoms with Gasteiger partial charge in [0.1, 0.15) is 5.75 Å². The average Bonchev–Trinajstić information content (AvgIpc) is 2.27. The predicted molar refractivity (Wildman–Crippen MR) is 60.0 cm³/mol. The summed E-state index contributed by atoms with van der Waals surface area (Å²) in [6.45, 7) is 3.36. The quantitative estimate of drug-likeness (QED) is 0.519. The third-order valence-corrected chi connectivity index (χ3v) is 2.69. The van der Waals surface area contributed by atoms with Gasteiger partial charge < -0.3 is 9.84 Å². The molecule has 0 saturated carbocycles. The van der Waals surface area contributed by atoms with Gasteiger partial charge in [0.15, 0.2) is 5.54 Å². The molecular formula is C11H16N2O3. The van der Waals surface area contributed by atoms with E-state index in [1.54, 1.807) is 25.3 Å². The third kappa shape index (κ3) is 2.00. The number of carboxylic acids is 1. The second kappa shape index (κ2) is 4.51. The predicted octanol–water partition coefficient (Wildman–Crippen LogP) is 0.767. The molecule has 1 aromatic carbocycles. The number of methoxy groups -OCH3 is 1. The highest BCUT2D eigenvalue weighted by Crippen LogP contribution is 2.26. The zero-order chi connectivity index (χ0) is 12.3. The molecule has 0 bridgehead atoms. The smallest absolute Gasteiger partial charge is 0.329 e. The fraction of sp³-hybridized carbons (Fsp3) is 0.364. The van der Waals surface area contributed by atoms with E-state index in [0.717, 1.165) is 5.56 Å². The summed E-state index contributed by atoms with van der Waals surface area (Å²) in [6.07, 6.45) is 0. The summed E-state index contributed by atoms with van der Waals surface area (Å²) in [6, 6.07) is 5.15. The fourth-order valence-corrected chi connectivity index (χ4v) is 1.46. The van der Waals surface area contributed by atoms with Crippen molar-refractivity contribution >= 4 is 5.97 Å². The summed E-state index contributed by atoms with van der Waals surface area (Å²) in [5, 5.41) is 9.13. The number of benzene rings is 1. The van der Waals surface area contributed by atoms with E-state index < -0.39 is 11.5 Å². The highest BCUT2D eigenvalue weighted by atomic mass is 16.5. The van der Waals surface area contributed by atoms with Crippen LogP contribution in [-0.4, -0.2) is 18.2 Å². The van der Waals surface area contributed by atoms with Crippen LogP contribution >= 0.6 is 0 Å². The summed E-state index contributed by atoms with van der Waals surface area (Å²) >= 11 is 0. The van der Waals surface area contributed by atoms with Crippen LogP contribution in [0.2, 0.25) is 0 Å². The minimum atomic E-state index is -1.29. The van der Waals surface area contributed by atoms with Crippen molar-refractivity contribution in [3.8, 4) is 5.75 Å². The Balaban J connectivity index is 3.23. The van der Waals surface area contributed by atoms with Gasteiger partial charge in [0.05, 0.1) is 7.11 Å². The average molecular weight is 224 g/mol. The summed E-state index contributed by atoms with van der Waals surface area (Å²) in [7, 11) is 1.57. The number of aryl methyl sites for hydroxylation is 1. The minimum absolute atomic E-state index is 0.584. The van der Waals surface area contributed by atoms with Gasteiger partial charge in [0, 0.05) is 0 Å². The first kappa shape index (κ1) is 12.5. The zero-order valence-corrected chi connectivity index (χ0v) is 9.57. The molecule has 88 valence electrons. The number of nitrogens with one attached hydrogen (secondary N) is 1. The molecule has 5 nitrogen and oxygen atoms in total. The number of hydrogen-bond acceptors (Lipinski definition) is 4. The van der Waals surface area contributed by atoms with E-state index in [2.05, 4.69) is 5.43 Å². The van der Waals surface area contributed by atoms with Crippen molar-refractivity contribution in [2.24, 2.45) is 5.84 Å². The Bertz CT molecular complexity index is 406. The maximum atomic E-state index is 11.1. The zero-order valence-electron chi connectivity index (χ0n) is 9.57. The van der Waals surface area contributed by atoms with Crippen molar-refractivity contribution in [1.29, 1.82) is 0 Å². The Morgan fingerprint density at radius 3 is 2.56 bits per heavy atom. The lowest BCUT2D eigenvalue weighted by molar-refractivity contribution is -0.144. The normalized spacial score (nSPS) is 14.2. The first-order valence-electron chi connectivity index (χ1n) is 4.82. The van der Waals surface area contributed by atoms with Crippen LogP contribution in [0.3, 0.4) is 0 Å². The number of hydrazine groups is 1. The Kier molecular flexibility index (Phi) is 3.51. The van der Waals surface area contributed by atoms with E-state index in [-0.39, 0.29) is 0 Å². The van der Waals surface area contributed by atoms with Crippen molar-refractivity contribution in [3.05, 3.63) is 29.3 Å². The number of ether oxygens (including phenoxy) is 1. The lowest BCUT2D eigenvalue weighted by atomic mass is 9.91. The number of carboxylic acid groups (broad SMARTS) is 1. The monoisotopic (exact) mass is 224 g/mol. The second-order valence-electron chi connectivity index (χ2n) is 3.76. The standard InChI is InChI=1S/C11H16N2O3/c1-7-6-8(4-5-9(7)16-3)11(2,13-12)10(14)15/h4-6,13H,12H2,1-3H3,(H,14,15). The maximum Gasteiger partial charge on any atom is 0.329 e. The lowest BCUT2D eigenvalue weighted by Crippen LogP contribution is -2.50. The Morgan fingerprint density at radius 2 is 2.19 bits per heavy atom. The van der Waals surface area contributed by atoms with Crippen LogP contribution < -0.4 is 16.0 Å².